The van der Waals surface area contributed by atoms with E-state index in [4.69, 9.17) is 10.6 Å². The first kappa shape index (κ1) is 10.8. The number of carbonyl (C=O) groups is 1. The number of hydrogen-bond donors (Lipinski definition) is 2. The van der Waals surface area contributed by atoms with Gasteiger partial charge in [-0.2, -0.15) is 0 Å². The van der Waals surface area contributed by atoms with E-state index in [2.05, 4.69) is 15.3 Å². The number of anilines is 1. The SMILES string of the molecule is NNC(=O)c1cccc(N2CCOCC2)n1. The minimum Gasteiger partial charge on any atom is -0.378 e. The van der Waals surface area contributed by atoms with E-state index in [0.29, 0.717) is 18.9 Å². The Bertz CT molecular complexity index is 377. The van der Waals surface area contributed by atoms with Gasteiger partial charge in [0.2, 0.25) is 0 Å². The molecule has 0 spiro atoms. The Morgan fingerprint density at radius 2 is 2.19 bits per heavy atom. The van der Waals surface area contributed by atoms with Crippen LogP contribution < -0.4 is 16.2 Å². The average molecular weight is 222 g/mol. The van der Waals surface area contributed by atoms with E-state index >= 15 is 0 Å². The van der Waals surface area contributed by atoms with Gasteiger partial charge in [-0.3, -0.25) is 10.2 Å². The number of nitrogens with zero attached hydrogens (tertiary/aromatic N) is 2. The van der Waals surface area contributed by atoms with Gasteiger partial charge in [0.15, 0.2) is 0 Å². The zero-order valence-corrected chi connectivity index (χ0v) is 8.85. The molecule has 1 aromatic heterocycles. The molecule has 0 aliphatic carbocycles. The van der Waals surface area contributed by atoms with Crippen molar-refractivity contribution in [3.63, 3.8) is 0 Å². The Kier molecular flexibility index (Phi) is 3.33. The van der Waals surface area contributed by atoms with E-state index in [0.717, 1.165) is 18.9 Å². The fourth-order valence-corrected chi connectivity index (χ4v) is 1.59. The van der Waals surface area contributed by atoms with Crippen LogP contribution in [0.5, 0.6) is 0 Å². The Hall–Kier alpha value is -1.66. The Morgan fingerprint density at radius 3 is 2.88 bits per heavy atom. The van der Waals surface area contributed by atoms with Crippen LogP contribution in [-0.4, -0.2) is 37.2 Å². The number of hydrazine groups is 1. The Morgan fingerprint density at radius 1 is 1.44 bits per heavy atom. The molecule has 1 fully saturated rings. The van der Waals surface area contributed by atoms with Gasteiger partial charge in [-0.05, 0) is 12.1 Å². The quantitative estimate of drug-likeness (QED) is 0.401. The van der Waals surface area contributed by atoms with Crippen molar-refractivity contribution < 1.29 is 9.53 Å². The highest BCUT2D eigenvalue weighted by atomic mass is 16.5. The second-order valence-electron chi connectivity index (χ2n) is 3.45. The number of nitrogens with one attached hydrogen (secondary N) is 1. The van der Waals surface area contributed by atoms with Crippen LogP contribution in [0.25, 0.3) is 0 Å². The van der Waals surface area contributed by atoms with Crippen molar-refractivity contribution in [1.29, 1.82) is 0 Å². The molecular formula is C10H14N4O2. The van der Waals surface area contributed by atoms with Crippen LogP contribution in [-0.2, 0) is 4.74 Å². The van der Waals surface area contributed by atoms with Gasteiger partial charge in [-0.25, -0.2) is 10.8 Å². The van der Waals surface area contributed by atoms with Gasteiger partial charge >= 0.3 is 0 Å². The fraction of sp³-hybridized carbons (Fsp3) is 0.400. The van der Waals surface area contributed by atoms with Crippen molar-refractivity contribution in [3.8, 4) is 0 Å². The second-order valence-corrected chi connectivity index (χ2v) is 3.45. The normalized spacial score (nSPS) is 15.9. The van der Waals surface area contributed by atoms with Gasteiger partial charge in [0.05, 0.1) is 13.2 Å². The molecule has 0 aromatic carbocycles. The highest BCUT2D eigenvalue weighted by Gasteiger charge is 2.14. The molecule has 6 nitrogen and oxygen atoms in total. The highest BCUT2D eigenvalue weighted by Crippen LogP contribution is 2.12. The van der Waals surface area contributed by atoms with Crippen LogP contribution in [0.15, 0.2) is 18.2 Å². The van der Waals surface area contributed by atoms with E-state index < -0.39 is 0 Å². The molecule has 1 aromatic rings. The first-order valence-corrected chi connectivity index (χ1v) is 5.12. The third kappa shape index (κ3) is 2.29. The smallest absolute Gasteiger partial charge is 0.283 e. The standard InChI is InChI=1S/C10H14N4O2/c11-13-10(15)8-2-1-3-9(12-8)14-4-6-16-7-5-14/h1-3H,4-7,11H2,(H,13,15). The maximum absolute atomic E-state index is 11.3. The summed E-state index contributed by atoms with van der Waals surface area (Å²) in [4.78, 5) is 17.6. The highest BCUT2D eigenvalue weighted by molar-refractivity contribution is 5.92. The molecule has 1 aliphatic heterocycles. The number of hydrogen-bond acceptors (Lipinski definition) is 5. The number of ether oxygens (including phenoxy) is 1. The molecule has 16 heavy (non-hydrogen) atoms. The number of aromatic nitrogens is 1. The summed E-state index contributed by atoms with van der Waals surface area (Å²) in [7, 11) is 0. The van der Waals surface area contributed by atoms with Gasteiger partial charge in [0.1, 0.15) is 11.5 Å². The zero-order chi connectivity index (χ0) is 11.4. The van der Waals surface area contributed by atoms with Gasteiger partial charge in [-0.15, -0.1) is 0 Å². The summed E-state index contributed by atoms with van der Waals surface area (Å²) in [5.74, 6) is 5.46. The first-order chi connectivity index (χ1) is 7.81. The monoisotopic (exact) mass is 222 g/mol. The molecular weight excluding hydrogens is 208 g/mol. The summed E-state index contributed by atoms with van der Waals surface area (Å²) in [6, 6.07) is 5.30. The van der Waals surface area contributed by atoms with Crippen LogP contribution in [0.3, 0.4) is 0 Å². The summed E-state index contributed by atoms with van der Waals surface area (Å²) in [5, 5.41) is 0. The molecule has 2 heterocycles. The number of carbonyl (C=O) groups excluding carboxylic acids is 1. The van der Waals surface area contributed by atoms with Crippen molar-refractivity contribution in [2.24, 2.45) is 5.84 Å². The topological polar surface area (TPSA) is 80.5 Å². The molecule has 0 saturated carbocycles. The molecule has 0 unspecified atom stereocenters. The number of rotatable bonds is 2. The zero-order valence-electron chi connectivity index (χ0n) is 8.85. The van der Waals surface area contributed by atoms with Crippen molar-refractivity contribution in [2.45, 2.75) is 0 Å². The molecule has 1 amide bonds. The summed E-state index contributed by atoms with van der Waals surface area (Å²) in [5.41, 5.74) is 2.39. The molecule has 0 radical (unpaired) electrons. The molecule has 0 bridgehead atoms. The van der Waals surface area contributed by atoms with E-state index in [1.165, 1.54) is 0 Å². The minimum atomic E-state index is -0.380. The third-order valence-corrected chi connectivity index (χ3v) is 2.43. The van der Waals surface area contributed by atoms with Crippen LogP contribution in [0.1, 0.15) is 10.5 Å². The lowest BCUT2D eigenvalue weighted by molar-refractivity contribution is 0.0948. The van der Waals surface area contributed by atoms with Crippen LogP contribution >= 0.6 is 0 Å². The predicted molar refractivity (Wildman–Crippen MR) is 58.9 cm³/mol. The lowest BCUT2D eigenvalue weighted by atomic mass is 10.3. The number of amides is 1. The largest absolute Gasteiger partial charge is 0.378 e. The van der Waals surface area contributed by atoms with Crippen LogP contribution in [0, 0.1) is 0 Å². The Balaban J connectivity index is 2.17. The fourth-order valence-electron chi connectivity index (χ4n) is 1.59. The molecule has 1 aliphatic rings. The van der Waals surface area contributed by atoms with E-state index in [9.17, 15) is 4.79 Å². The van der Waals surface area contributed by atoms with Gasteiger partial charge < -0.3 is 9.64 Å². The van der Waals surface area contributed by atoms with Crippen molar-refractivity contribution >= 4 is 11.7 Å². The number of nitrogen functional groups attached to an aromatic ring is 1. The molecule has 1 saturated heterocycles. The van der Waals surface area contributed by atoms with E-state index in [-0.39, 0.29) is 5.91 Å². The summed E-state index contributed by atoms with van der Waals surface area (Å²) in [6.07, 6.45) is 0. The lowest BCUT2D eigenvalue weighted by Crippen LogP contribution is -2.37. The van der Waals surface area contributed by atoms with Crippen LogP contribution in [0.4, 0.5) is 5.82 Å². The van der Waals surface area contributed by atoms with Crippen LogP contribution in [0.2, 0.25) is 0 Å². The number of nitrogens with two attached hydrogens (primary N) is 1. The Labute approximate surface area is 93.4 Å². The molecule has 2 rings (SSSR count). The van der Waals surface area contributed by atoms with E-state index in [1.807, 2.05) is 6.07 Å². The predicted octanol–water partition coefficient (Wildman–Crippen LogP) is -0.478. The molecule has 0 atom stereocenters. The maximum atomic E-state index is 11.3. The van der Waals surface area contributed by atoms with E-state index in [1.54, 1.807) is 12.1 Å². The third-order valence-electron chi connectivity index (χ3n) is 2.43. The van der Waals surface area contributed by atoms with Crippen molar-refractivity contribution in [3.05, 3.63) is 23.9 Å². The first-order valence-electron chi connectivity index (χ1n) is 5.12. The molecule has 3 N–H and O–H groups in total. The maximum Gasteiger partial charge on any atom is 0.283 e. The minimum absolute atomic E-state index is 0.325. The van der Waals surface area contributed by atoms with Gasteiger partial charge in [0, 0.05) is 13.1 Å². The number of morpholine rings is 1. The lowest BCUT2D eigenvalue weighted by Gasteiger charge is -2.27. The molecule has 86 valence electrons. The number of pyridine rings is 1. The van der Waals surface area contributed by atoms with Crippen molar-refractivity contribution in [2.75, 3.05) is 31.2 Å². The van der Waals surface area contributed by atoms with Crippen molar-refractivity contribution in [1.82, 2.24) is 10.4 Å². The van der Waals surface area contributed by atoms with Gasteiger partial charge in [-0.1, -0.05) is 6.07 Å². The average Bonchev–Trinajstić information content (AvgIpc) is 2.39. The summed E-state index contributed by atoms with van der Waals surface area (Å²) < 4.78 is 5.25. The molecule has 6 heteroatoms. The summed E-state index contributed by atoms with van der Waals surface area (Å²) >= 11 is 0. The van der Waals surface area contributed by atoms with Gasteiger partial charge in [0.25, 0.3) is 5.91 Å². The summed E-state index contributed by atoms with van der Waals surface area (Å²) in [6.45, 7) is 2.96. The second kappa shape index (κ2) is 4.91.